The van der Waals surface area contributed by atoms with Gasteiger partial charge in [-0.05, 0) is 23.8 Å². The number of methoxy groups -OCH3 is 1. The van der Waals surface area contributed by atoms with Gasteiger partial charge in [0.25, 0.3) is 5.56 Å². The Morgan fingerprint density at radius 2 is 1.77 bits per heavy atom. The molecule has 1 N–H and O–H groups in total. The van der Waals surface area contributed by atoms with Crippen molar-refractivity contribution in [3.05, 3.63) is 70.3 Å². The van der Waals surface area contributed by atoms with E-state index in [1.54, 1.807) is 24.3 Å². The number of carbonyl (C=O) groups excluding carboxylic acids is 1. The third-order valence-corrected chi connectivity index (χ3v) is 3.44. The number of aromatic amines is 1. The average molecular weight is 297 g/mol. The van der Waals surface area contributed by atoms with Gasteiger partial charge in [0.2, 0.25) is 0 Å². The highest BCUT2D eigenvalue weighted by Gasteiger charge is 2.21. The first kappa shape index (κ1) is 14.0. The maximum Gasteiger partial charge on any atom is 0.344 e. The van der Waals surface area contributed by atoms with E-state index in [2.05, 4.69) is 4.98 Å². The van der Waals surface area contributed by atoms with Gasteiger partial charge in [-0.3, -0.25) is 4.79 Å². The summed E-state index contributed by atoms with van der Waals surface area (Å²) < 4.78 is 17.9. The van der Waals surface area contributed by atoms with E-state index in [1.165, 1.54) is 31.4 Å². The SMILES string of the molecule is COC(=O)c1c(-c2ccc(F)cc2)c2ccccc2[nH]c1=O. The first-order chi connectivity index (χ1) is 10.6. The number of pyridine rings is 1. The van der Waals surface area contributed by atoms with E-state index >= 15 is 0 Å². The maximum absolute atomic E-state index is 13.2. The van der Waals surface area contributed by atoms with Gasteiger partial charge in [-0.25, -0.2) is 9.18 Å². The number of fused-ring (bicyclic) bond motifs is 1. The molecule has 0 saturated heterocycles. The first-order valence-electron chi connectivity index (χ1n) is 6.61. The molecule has 0 amide bonds. The zero-order valence-corrected chi connectivity index (χ0v) is 11.7. The van der Waals surface area contributed by atoms with Crippen LogP contribution in [0.15, 0.2) is 53.3 Å². The number of rotatable bonds is 2. The lowest BCUT2D eigenvalue weighted by molar-refractivity contribution is 0.0600. The molecule has 0 bridgehead atoms. The number of hydrogen-bond donors (Lipinski definition) is 1. The van der Waals surface area contributed by atoms with Crippen molar-refractivity contribution in [3.8, 4) is 11.1 Å². The molecular weight excluding hydrogens is 285 g/mol. The summed E-state index contributed by atoms with van der Waals surface area (Å²) in [4.78, 5) is 27.0. The Morgan fingerprint density at radius 3 is 2.45 bits per heavy atom. The molecule has 3 aromatic rings. The van der Waals surface area contributed by atoms with Gasteiger partial charge in [0.1, 0.15) is 11.4 Å². The number of para-hydroxylation sites is 1. The number of benzene rings is 2. The lowest BCUT2D eigenvalue weighted by atomic mass is 9.96. The van der Waals surface area contributed by atoms with Crippen LogP contribution in [-0.2, 0) is 4.74 Å². The zero-order chi connectivity index (χ0) is 15.7. The molecule has 22 heavy (non-hydrogen) atoms. The fraction of sp³-hybridized carbons (Fsp3) is 0.0588. The van der Waals surface area contributed by atoms with E-state index in [0.717, 1.165) is 0 Å². The molecule has 1 aromatic heterocycles. The van der Waals surface area contributed by atoms with Crippen molar-refractivity contribution in [1.82, 2.24) is 4.98 Å². The second kappa shape index (κ2) is 5.44. The number of halogens is 1. The number of carbonyl (C=O) groups is 1. The van der Waals surface area contributed by atoms with Gasteiger partial charge >= 0.3 is 5.97 Å². The van der Waals surface area contributed by atoms with Crippen molar-refractivity contribution in [1.29, 1.82) is 0 Å². The van der Waals surface area contributed by atoms with Crippen molar-refractivity contribution >= 4 is 16.9 Å². The lowest BCUT2D eigenvalue weighted by Crippen LogP contribution is -2.20. The second-order valence-corrected chi connectivity index (χ2v) is 4.75. The Labute approximate surface area is 125 Å². The molecule has 0 saturated carbocycles. The summed E-state index contributed by atoms with van der Waals surface area (Å²) in [5.41, 5.74) is 0.979. The Balaban J connectivity index is 2.45. The van der Waals surface area contributed by atoms with E-state index in [9.17, 15) is 14.0 Å². The van der Waals surface area contributed by atoms with E-state index in [0.29, 0.717) is 22.0 Å². The van der Waals surface area contributed by atoms with Crippen LogP contribution in [0.1, 0.15) is 10.4 Å². The van der Waals surface area contributed by atoms with E-state index < -0.39 is 17.3 Å². The Bertz CT molecular complexity index is 913. The van der Waals surface area contributed by atoms with E-state index in [4.69, 9.17) is 4.74 Å². The molecule has 0 unspecified atom stereocenters. The largest absolute Gasteiger partial charge is 0.465 e. The molecule has 5 heteroatoms. The van der Waals surface area contributed by atoms with Crippen molar-refractivity contribution in [3.63, 3.8) is 0 Å². The van der Waals surface area contributed by atoms with Crippen molar-refractivity contribution < 1.29 is 13.9 Å². The third-order valence-electron chi connectivity index (χ3n) is 3.44. The molecule has 1 heterocycles. The minimum atomic E-state index is -0.730. The van der Waals surface area contributed by atoms with Crippen LogP contribution in [0.2, 0.25) is 0 Å². The summed E-state index contributed by atoms with van der Waals surface area (Å²) in [7, 11) is 1.21. The number of H-pyrrole nitrogens is 1. The molecule has 0 radical (unpaired) electrons. The molecule has 0 spiro atoms. The monoisotopic (exact) mass is 297 g/mol. The maximum atomic E-state index is 13.2. The number of esters is 1. The van der Waals surface area contributed by atoms with Crippen LogP contribution >= 0.6 is 0 Å². The van der Waals surface area contributed by atoms with Crippen LogP contribution in [0, 0.1) is 5.82 Å². The van der Waals surface area contributed by atoms with Crippen LogP contribution < -0.4 is 5.56 Å². The molecule has 2 aromatic carbocycles. The Morgan fingerprint density at radius 1 is 1.09 bits per heavy atom. The van der Waals surface area contributed by atoms with Gasteiger partial charge in [-0.2, -0.15) is 0 Å². The van der Waals surface area contributed by atoms with Crippen LogP contribution in [0.3, 0.4) is 0 Å². The summed E-state index contributed by atoms with van der Waals surface area (Å²) in [6.07, 6.45) is 0. The third kappa shape index (κ3) is 2.26. The summed E-state index contributed by atoms with van der Waals surface area (Å²) in [6.45, 7) is 0. The van der Waals surface area contributed by atoms with Gasteiger partial charge in [0, 0.05) is 16.5 Å². The zero-order valence-electron chi connectivity index (χ0n) is 11.7. The van der Waals surface area contributed by atoms with Crippen molar-refractivity contribution in [2.24, 2.45) is 0 Å². The summed E-state index contributed by atoms with van der Waals surface area (Å²) in [5.74, 6) is -1.12. The minimum Gasteiger partial charge on any atom is -0.465 e. The molecule has 0 aliphatic carbocycles. The average Bonchev–Trinajstić information content (AvgIpc) is 2.54. The molecular formula is C17H12FNO3. The second-order valence-electron chi connectivity index (χ2n) is 4.75. The predicted octanol–water partition coefficient (Wildman–Crippen LogP) is 3.12. The normalized spacial score (nSPS) is 10.6. The topological polar surface area (TPSA) is 59.2 Å². The highest BCUT2D eigenvalue weighted by Crippen LogP contribution is 2.29. The number of ether oxygens (including phenoxy) is 1. The molecule has 4 nitrogen and oxygen atoms in total. The molecule has 0 aliphatic heterocycles. The van der Waals surface area contributed by atoms with Gasteiger partial charge in [-0.15, -0.1) is 0 Å². The Hall–Kier alpha value is -2.95. The van der Waals surface area contributed by atoms with Crippen LogP contribution in [0.25, 0.3) is 22.0 Å². The Kier molecular flexibility index (Phi) is 3.47. The van der Waals surface area contributed by atoms with Crippen molar-refractivity contribution in [2.45, 2.75) is 0 Å². The summed E-state index contributed by atoms with van der Waals surface area (Å²) in [6, 6.07) is 12.7. The number of aromatic nitrogens is 1. The van der Waals surface area contributed by atoms with Gasteiger partial charge in [0.15, 0.2) is 0 Å². The van der Waals surface area contributed by atoms with Gasteiger partial charge in [0.05, 0.1) is 7.11 Å². The first-order valence-corrected chi connectivity index (χ1v) is 6.61. The quantitative estimate of drug-likeness (QED) is 0.739. The van der Waals surface area contributed by atoms with Crippen molar-refractivity contribution in [2.75, 3.05) is 7.11 Å². The lowest BCUT2D eigenvalue weighted by Gasteiger charge is -2.11. The van der Waals surface area contributed by atoms with Crippen LogP contribution in [0.5, 0.6) is 0 Å². The summed E-state index contributed by atoms with van der Waals surface area (Å²) in [5, 5.41) is 0.689. The van der Waals surface area contributed by atoms with E-state index in [-0.39, 0.29) is 5.56 Å². The number of hydrogen-bond acceptors (Lipinski definition) is 3. The molecule has 0 aliphatic rings. The van der Waals surface area contributed by atoms with Crippen LogP contribution in [0.4, 0.5) is 4.39 Å². The van der Waals surface area contributed by atoms with Gasteiger partial charge < -0.3 is 9.72 Å². The molecule has 3 rings (SSSR count). The fourth-order valence-electron chi connectivity index (χ4n) is 2.46. The highest BCUT2D eigenvalue weighted by atomic mass is 19.1. The predicted molar refractivity (Wildman–Crippen MR) is 81.3 cm³/mol. The highest BCUT2D eigenvalue weighted by molar-refractivity contribution is 6.06. The minimum absolute atomic E-state index is 0.0900. The molecule has 0 atom stereocenters. The van der Waals surface area contributed by atoms with E-state index in [1.807, 2.05) is 0 Å². The smallest absolute Gasteiger partial charge is 0.344 e. The molecule has 110 valence electrons. The summed E-state index contributed by atoms with van der Waals surface area (Å²) >= 11 is 0. The van der Waals surface area contributed by atoms with Crippen LogP contribution in [-0.4, -0.2) is 18.1 Å². The number of nitrogens with one attached hydrogen (secondary N) is 1. The van der Waals surface area contributed by atoms with Gasteiger partial charge in [-0.1, -0.05) is 30.3 Å². The molecule has 0 fully saturated rings. The fourth-order valence-corrected chi connectivity index (χ4v) is 2.46. The standard InChI is InChI=1S/C17H12FNO3/c1-22-17(21)15-14(10-6-8-11(18)9-7-10)12-4-2-3-5-13(12)19-16(15)20/h2-9H,1H3,(H,19,20).